The zero-order chi connectivity index (χ0) is 14.7. The summed E-state index contributed by atoms with van der Waals surface area (Å²) in [5.74, 6) is 0.768. The summed E-state index contributed by atoms with van der Waals surface area (Å²) in [5, 5.41) is 7.95. The number of methoxy groups -OCH3 is 1. The molecule has 0 aliphatic carbocycles. The lowest BCUT2D eigenvalue weighted by Crippen LogP contribution is -2.09. The van der Waals surface area contributed by atoms with Gasteiger partial charge < -0.3 is 4.74 Å². The highest BCUT2D eigenvalue weighted by atomic mass is 16.5. The molecule has 0 amide bonds. The number of aryl methyl sites for hydroxylation is 3. The Hall–Kier alpha value is -2.23. The van der Waals surface area contributed by atoms with Gasteiger partial charge >= 0.3 is 0 Å². The van der Waals surface area contributed by atoms with Crippen LogP contribution in [0, 0.1) is 20.8 Å². The van der Waals surface area contributed by atoms with E-state index in [1.54, 1.807) is 20.1 Å². The van der Waals surface area contributed by atoms with Gasteiger partial charge in [-0.1, -0.05) is 17.7 Å². The minimum Gasteiger partial charge on any atom is -0.496 e. The van der Waals surface area contributed by atoms with Crippen molar-refractivity contribution in [2.75, 3.05) is 7.11 Å². The maximum Gasteiger partial charge on any atom is 0.169 e. The summed E-state index contributed by atoms with van der Waals surface area (Å²) in [7, 11) is 1.61. The van der Waals surface area contributed by atoms with Gasteiger partial charge in [-0.3, -0.25) is 4.79 Å². The molecule has 2 rings (SSSR count). The van der Waals surface area contributed by atoms with Gasteiger partial charge in [0.1, 0.15) is 5.75 Å². The second-order valence-electron chi connectivity index (χ2n) is 4.90. The number of hydrogen-bond acceptors (Lipinski definition) is 4. The molecule has 0 spiro atoms. The third-order valence-corrected chi connectivity index (χ3v) is 3.19. The summed E-state index contributed by atoms with van der Waals surface area (Å²) in [4.78, 5) is 12.4. The third kappa shape index (κ3) is 3.02. The van der Waals surface area contributed by atoms with Crippen molar-refractivity contribution in [1.82, 2.24) is 10.2 Å². The molecular formula is C16H18N2O2. The van der Waals surface area contributed by atoms with Crippen LogP contribution in [0.25, 0.3) is 0 Å². The number of nitrogens with zero attached hydrogens (tertiary/aromatic N) is 2. The molecule has 0 N–H and O–H groups in total. The van der Waals surface area contributed by atoms with Gasteiger partial charge in [0.2, 0.25) is 0 Å². The fourth-order valence-electron chi connectivity index (χ4n) is 2.15. The lowest BCUT2D eigenvalue weighted by Gasteiger charge is -2.10. The fourth-order valence-corrected chi connectivity index (χ4v) is 2.15. The molecule has 0 fully saturated rings. The molecule has 0 saturated heterocycles. The van der Waals surface area contributed by atoms with Gasteiger partial charge in [-0.2, -0.15) is 10.2 Å². The number of Topliss-reactive ketones (excluding diaryl/α,β-unsaturated/α-hetero) is 1. The number of carbonyl (C=O) groups is 1. The monoisotopic (exact) mass is 270 g/mol. The molecule has 0 aliphatic heterocycles. The molecule has 4 heteroatoms. The summed E-state index contributed by atoms with van der Waals surface area (Å²) in [6.07, 6.45) is 0.302. The average Bonchev–Trinajstić information content (AvgIpc) is 2.41. The number of rotatable bonds is 4. The minimum absolute atomic E-state index is 0.0319. The molecule has 4 nitrogen and oxygen atoms in total. The first kappa shape index (κ1) is 14.2. The van der Waals surface area contributed by atoms with Crippen molar-refractivity contribution in [1.29, 1.82) is 0 Å². The van der Waals surface area contributed by atoms with E-state index in [4.69, 9.17) is 4.74 Å². The Balaban J connectivity index is 2.32. The Bertz CT molecular complexity index is 651. The number of ketones is 1. The van der Waals surface area contributed by atoms with Gasteiger partial charge in [0.05, 0.1) is 18.5 Å². The molecule has 0 bridgehead atoms. The lowest BCUT2D eigenvalue weighted by molar-refractivity contribution is 0.0990. The molecular weight excluding hydrogens is 252 g/mol. The van der Waals surface area contributed by atoms with E-state index < -0.39 is 0 Å². The molecule has 1 heterocycles. The van der Waals surface area contributed by atoms with Gasteiger partial charge in [-0.15, -0.1) is 0 Å². The highest BCUT2D eigenvalue weighted by Gasteiger charge is 2.14. The van der Waals surface area contributed by atoms with E-state index in [0.29, 0.717) is 17.7 Å². The van der Waals surface area contributed by atoms with Crippen LogP contribution in [-0.4, -0.2) is 23.1 Å². The van der Waals surface area contributed by atoms with Gasteiger partial charge in [0.15, 0.2) is 5.78 Å². The predicted octanol–water partition coefficient (Wildman–Crippen LogP) is 2.84. The van der Waals surface area contributed by atoms with Crippen molar-refractivity contribution in [3.05, 3.63) is 52.3 Å². The first-order valence-electron chi connectivity index (χ1n) is 6.49. The third-order valence-electron chi connectivity index (χ3n) is 3.19. The SMILES string of the molecule is COc1ccc(C)cc1CC(=O)c1cc(C)nnc1C. The zero-order valence-electron chi connectivity index (χ0n) is 12.2. The van der Waals surface area contributed by atoms with Gasteiger partial charge in [0, 0.05) is 17.5 Å². The Morgan fingerprint density at radius 3 is 2.60 bits per heavy atom. The van der Waals surface area contributed by atoms with E-state index in [0.717, 1.165) is 22.6 Å². The zero-order valence-corrected chi connectivity index (χ0v) is 12.2. The van der Waals surface area contributed by atoms with Gasteiger partial charge in [0.25, 0.3) is 0 Å². The summed E-state index contributed by atoms with van der Waals surface area (Å²) in [6.45, 7) is 5.63. The molecule has 2 aromatic rings. The number of aromatic nitrogens is 2. The highest BCUT2D eigenvalue weighted by Crippen LogP contribution is 2.22. The predicted molar refractivity (Wildman–Crippen MR) is 77.3 cm³/mol. The maximum atomic E-state index is 12.4. The second kappa shape index (κ2) is 5.82. The maximum absolute atomic E-state index is 12.4. The van der Waals surface area contributed by atoms with Gasteiger partial charge in [-0.25, -0.2) is 0 Å². The van der Waals surface area contributed by atoms with E-state index in [1.165, 1.54) is 0 Å². The number of hydrogen-bond donors (Lipinski definition) is 0. The van der Waals surface area contributed by atoms with Crippen molar-refractivity contribution in [2.24, 2.45) is 0 Å². The summed E-state index contributed by atoms with van der Waals surface area (Å²) in [6, 6.07) is 7.62. The van der Waals surface area contributed by atoms with E-state index >= 15 is 0 Å². The molecule has 104 valence electrons. The molecule has 1 aromatic heterocycles. The normalized spacial score (nSPS) is 10.4. The molecule has 0 atom stereocenters. The van der Waals surface area contributed by atoms with E-state index in [2.05, 4.69) is 10.2 Å². The Morgan fingerprint density at radius 2 is 1.90 bits per heavy atom. The highest BCUT2D eigenvalue weighted by molar-refractivity contribution is 5.98. The Labute approximate surface area is 118 Å². The number of benzene rings is 1. The number of ether oxygens (including phenoxy) is 1. The minimum atomic E-state index is 0.0319. The molecule has 1 aromatic carbocycles. The quantitative estimate of drug-likeness (QED) is 0.802. The molecule has 20 heavy (non-hydrogen) atoms. The van der Waals surface area contributed by atoms with E-state index in [9.17, 15) is 4.79 Å². The molecule has 0 saturated carbocycles. The molecule has 0 aliphatic rings. The van der Waals surface area contributed by atoms with Crippen molar-refractivity contribution in [2.45, 2.75) is 27.2 Å². The Kier molecular flexibility index (Phi) is 4.13. The largest absolute Gasteiger partial charge is 0.496 e. The van der Waals surface area contributed by atoms with Crippen LogP contribution in [0.5, 0.6) is 5.75 Å². The van der Waals surface area contributed by atoms with Crippen molar-refractivity contribution >= 4 is 5.78 Å². The lowest BCUT2D eigenvalue weighted by atomic mass is 10.00. The van der Waals surface area contributed by atoms with Crippen LogP contribution in [0.2, 0.25) is 0 Å². The van der Waals surface area contributed by atoms with Crippen LogP contribution in [0.4, 0.5) is 0 Å². The van der Waals surface area contributed by atoms with Crippen LogP contribution in [0.3, 0.4) is 0 Å². The van der Waals surface area contributed by atoms with Crippen LogP contribution in [0.1, 0.15) is 32.9 Å². The van der Waals surface area contributed by atoms with E-state index in [1.807, 2.05) is 32.0 Å². The standard InChI is InChI=1S/C16H18N2O2/c1-10-5-6-16(20-4)13(7-10)9-15(19)14-8-11(2)17-18-12(14)3/h5-8H,9H2,1-4H3. The molecule has 0 unspecified atom stereocenters. The number of carbonyl (C=O) groups excluding carboxylic acids is 1. The van der Waals surface area contributed by atoms with Crippen LogP contribution >= 0.6 is 0 Å². The van der Waals surface area contributed by atoms with Gasteiger partial charge in [-0.05, 0) is 32.9 Å². The topological polar surface area (TPSA) is 52.1 Å². The van der Waals surface area contributed by atoms with Crippen molar-refractivity contribution < 1.29 is 9.53 Å². The van der Waals surface area contributed by atoms with E-state index in [-0.39, 0.29) is 5.78 Å². The fraction of sp³-hybridized carbons (Fsp3) is 0.312. The molecule has 0 radical (unpaired) electrons. The van der Waals surface area contributed by atoms with Crippen molar-refractivity contribution in [3.63, 3.8) is 0 Å². The first-order valence-corrected chi connectivity index (χ1v) is 6.49. The van der Waals surface area contributed by atoms with Crippen molar-refractivity contribution in [3.8, 4) is 5.75 Å². The van der Waals surface area contributed by atoms with Crippen LogP contribution in [0.15, 0.2) is 24.3 Å². The second-order valence-corrected chi connectivity index (χ2v) is 4.90. The first-order chi connectivity index (χ1) is 9.51. The smallest absolute Gasteiger partial charge is 0.169 e. The summed E-state index contributed by atoms with van der Waals surface area (Å²) < 4.78 is 5.31. The summed E-state index contributed by atoms with van der Waals surface area (Å²) in [5.41, 5.74) is 4.03. The average molecular weight is 270 g/mol. The summed E-state index contributed by atoms with van der Waals surface area (Å²) >= 11 is 0. The Morgan fingerprint density at radius 1 is 1.15 bits per heavy atom. The van der Waals surface area contributed by atoms with Crippen LogP contribution in [-0.2, 0) is 6.42 Å². The van der Waals surface area contributed by atoms with Crippen LogP contribution < -0.4 is 4.74 Å².